The molecule has 1 aromatic heterocycles. The van der Waals surface area contributed by atoms with Gasteiger partial charge >= 0.3 is 0 Å². The number of carbonyl (C=O) groups is 2. The zero-order valence-electron chi connectivity index (χ0n) is 18.6. The molecule has 2 aromatic rings. The molecule has 0 radical (unpaired) electrons. The minimum atomic E-state index is -0.190. The number of benzene rings is 1. The Labute approximate surface area is 184 Å². The van der Waals surface area contributed by atoms with Crippen molar-refractivity contribution in [1.29, 1.82) is 0 Å². The lowest BCUT2D eigenvalue weighted by Gasteiger charge is -2.39. The number of aromatic nitrogens is 1. The summed E-state index contributed by atoms with van der Waals surface area (Å²) in [6, 6.07) is 11.5. The molecule has 1 unspecified atom stereocenters. The van der Waals surface area contributed by atoms with E-state index in [4.69, 9.17) is 11.6 Å². The summed E-state index contributed by atoms with van der Waals surface area (Å²) >= 11 is 6.09. The third-order valence-electron chi connectivity index (χ3n) is 5.48. The number of hydrogen-bond acceptors (Lipinski definition) is 2. The highest BCUT2D eigenvalue weighted by Gasteiger charge is 2.34. The number of amides is 2. The summed E-state index contributed by atoms with van der Waals surface area (Å²) in [5.74, 6) is -0.00682. The van der Waals surface area contributed by atoms with Gasteiger partial charge in [-0.3, -0.25) is 9.59 Å². The van der Waals surface area contributed by atoms with Gasteiger partial charge in [0.25, 0.3) is 0 Å². The summed E-state index contributed by atoms with van der Waals surface area (Å²) in [4.78, 5) is 30.0. The first-order valence-electron chi connectivity index (χ1n) is 10.6. The second-order valence-electron chi connectivity index (χ2n) is 9.52. The molecule has 2 amide bonds. The van der Waals surface area contributed by atoms with Gasteiger partial charge in [-0.2, -0.15) is 0 Å². The van der Waals surface area contributed by atoms with Gasteiger partial charge in [-0.05, 0) is 49.1 Å². The largest absolute Gasteiger partial charge is 0.348 e. The number of halogens is 1. The van der Waals surface area contributed by atoms with E-state index in [-0.39, 0.29) is 35.9 Å². The number of fused-ring (bicyclic) bond motifs is 1. The van der Waals surface area contributed by atoms with E-state index < -0.39 is 0 Å². The molecular weight excluding hydrogens is 398 g/mol. The molecule has 1 aliphatic rings. The molecule has 0 bridgehead atoms. The zero-order valence-corrected chi connectivity index (χ0v) is 19.3. The normalized spacial score (nSPS) is 16.5. The smallest absolute Gasteiger partial charge is 0.243 e. The van der Waals surface area contributed by atoms with E-state index in [0.29, 0.717) is 18.0 Å². The van der Waals surface area contributed by atoms with E-state index in [1.165, 1.54) is 0 Å². The molecule has 2 heterocycles. The van der Waals surface area contributed by atoms with Gasteiger partial charge < -0.3 is 14.4 Å². The van der Waals surface area contributed by atoms with Gasteiger partial charge in [0, 0.05) is 42.5 Å². The summed E-state index contributed by atoms with van der Waals surface area (Å²) in [5.41, 5.74) is 1.98. The van der Waals surface area contributed by atoms with Gasteiger partial charge in [0.05, 0.1) is 6.04 Å². The van der Waals surface area contributed by atoms with Crippen LogP contribution in [0.5, 0.6) is 0 Å². The van der Waals surface area contributed by atoms with Crippen molar-refractivity contribution >= 4 is 23.4 Å². The fraction of sp³-hybridized carbons (Fsp3) is 0.500. The minimum Gasteiger partial charge on any atom is -0.348 e. The highest BCUT2D eigenvalue weighted by Crippen LogP contribution is 2.33. The van der Waals surface area contributed by atoms with Crippen molar-refractivity contribution in [2.24, 2.45) is 5.41 Å². The van der Waals surface area contributed by atoms with Crippen LogP contribution in [0.3, 0.4) is 0 Å². The number of carbonyl (C=O) groups excluding carboxylic acids is 2. The van der Waals surface area contributed by atoms with Crippen LogP contribution in [0.2, 0.25) is 5.02 Å². The molecule has 30 heavy (non-hydrogen) atoms. The van der Waals surface area contributed by atoms with Crippen molar-refractivity contribution < 1.29 is 9.59 Å². The van der Waals surface area contributed by atoms with Gasteiger partial charge in [0.15, 0.2) is 0 Å². The molecule has 162 valence electrons. The predicted molar refractivity (Wildman–Crippen MR) is 120 cm³/mol. The second-order valence-corrected chi connectivity index (χ2v) is 9.96. The average molecular weight is 430 g/mol. The van der Waals surface area contributed by atoms with Gasteiger partial charge in [-0.1, -0.05) is 44.5 Å². The molecule has 5 nitrogen and oxygen atoms in total. The summed E-state index contributed by atoms with van der Waals surface area (Å²) in [6.07, 6.45) is 2.47. The first-order chi connectivity index (χ1) is 14.1. The van der Waals surface area contributed by atoms with Crippen LogP contribution < -0.4 is 0 Å². The fourth-order valence-corrected chi connectivity index (χ4v) is 4.12. The Bertz CT molecular complexity index is 896. The Morgan fingerprint density at radius 2 is 1.80 bits per heavy atom. The second kappa shape index (κ2) is 8.84. The van der Waals surface area contributed by atoms with Crippen molar-refractivity contribution in [3.63, 3.8) is 0 Å². The monoisotopic (exact) mass is 429 g/mol. The number of rotatable bonds is 5. The van der Waals surface area contributed by atoms with Gasteiger partial charge in [0.1, 0.15) is 6.54 Å². The van der Waals surface area contributed by atoms with E-state index in [2.05, 4.69) is 10.6 Å². The summed E-state index contributed by atoms with van der Waals surface area (Å²) in [5, 5.41) is 0.668. The van der Waals surface area contributed by atoms with Crippen molar-refractivity contribution in [1.82, 2.24) is 14.4 Å². The maximum Gasteiger partial charge on any atom is 0.243 e. The summed E-state index contributed by atoms with van der Waals surface area (Å²) < 4.78 is 2.19. The number of nitrogens with zero attached hydrogens (tertiary/aromatic N) is 3. The van der Waals surface area contributed by atoms with Gasteiger partial charge in [-0.15, -0.1) is 0 Å². The van der Waals surface area contributed by atoms with E-state index in [9.17, 15) is 9.59 Å². The Morgan fingerprint density at radius 3 is 2.40 bits per heavy atom. The Hall–Kier alpha value is -2.27. The highest BCUT2D eigenvalue weighted by molar-refractivity contribution is 6.30. The van der Waals surface area contributed by atoms with Crippen LogP contribution in [-0.4, -0.2) is 45.3 Å². The van der Waals surface area contributed by atoms with Gasteiger partial charge in [-0.25, -0.2) is 0 Å². The zero-order chi connectivity index (χ0) is 22.1. The Morgan fingerprint density at radius 1 is 1.13 bits per heavy atom. The van der Waals surface area contributed by atoms with Crippen LogP contribution in [0.1, 0.15) is 58.3 Å². The molecule has 0 N–H and O–H groups in total. The summed E-state index contributed by atoms with van der Waals surface area (Å²) in [6.45, 7) is 11.5. The quantitative estimate of drug-likeness (QED) is 0.688. The van der Waals surface area contributed by atoms with Crippen molar-refractivity contribution in [3.05, 3.63) is 58.9 Å². The van der Waals surface area contributed by atoms with E-state index in [1.807, 2.05) is 76.0 Å². The first kappa shape index (κ1) is 22.4. The number of hydrogen-bond donors (Lipinski definition) is 0. The van der Waals surface area contributed by atoms with Crippen LogP contribution in [0.15, 0.2) is 42.6 Å². The topological polar surface area (TPSA) is 45.6 Å². The molecule has 0 aliphatic carbocycles. The van der Waals surface area contributed by atoms with Crippen molar-refractivity contribution in [2.45, 2.75) is 59.7 Å². The maximum absolute atomic E-state index is 13.5. The SMILES string of the molecule is CC(C)N(CC(=O)N1CCn2cccc2C1c1ccc(Cl)cc1)C(=O)CC(C)(C)C. The average Bonchev–Trinajstić information content (AvgIpc) is 3.13. The van der Waals surface area contributed by atoms with Gasteiger partial charge in [0.2, 0.25) is 11.8 Å². The Kier molecular flexibility index (Phi) is 6.61. The van der Waals surface area contributed by atoms with Crippen LogP contribution in [-0.2, 0) is 16.1 Å². The minimum absolute atomic E-state index is 0.0225. The standard InChI is InChI=1S/C24H32ClN3O2/c1-17(2)28(21(29)15-24(3,4)5)16-22(30)27-14-13-26-12-6-7-20(26)23(27)18-8-10-19(25)11-9-18/h6-12,17,23H,13-16H2,1-5H3. The molecule has 6 heteroatoms. The maximum atomic E-state index is 13.5. The third kappa shape index (κ3) is 5.07. The van der Waals surface area contributed by atoms with Crippen molar-refractivity contribution in [3.8, 4) is 0 Å². The lowest BCUT2D eigenvalue weighted by atomic mass is 9.91. The molecule has 1 atom stereocenters. The molecular formula is C24H32ClN3O2. The van der Waals surface area contributed by atoms with Crippen LogP contribution >= 0.6 is 11.6 Å². The van der Waals surface area contributed by atoms with Crippen molar-refractivity contribution in [2.75, 3.05) is 13.1 Å². The summed E-state index contributed by atoms with van der Waals surface area (Å²) in [7, 11) is 0. The third-order valence-corrected chi connectivity index (χ3v) is 5.73. The van der Waals surface area contributed by atoms with E-state index in [0.717, 1.165) is 17.8 Å². The molecule has 1 aromatic carbocycles. The van der Waals surface area contributed by atoms with Crippen LogP contribution in [0.25, 0.3) is 0 Å². The molecule has 0 saturated heterocycles. The lowest BCUT2D eigenvalue weighted by Crippen LogP contribution is -2.50. The van der Waals surface area contributed by atoms with E-state index in [1.54, 1.807) is 4.90 Å². The molecule has 3 rings (SSSR count). The van der Waals surface area contributed by atoms with Crippen LogP contribution in [0.4, 0.5) is 0 Å². The highest BCUT2D eigenvalue weighted by atomic mass is 35.5. The molecule has 0 fully saturated rings. The first-order valence-corrected chi connectivity index (χ1v) is 10.9. The molecule has 0 saturated carbocycles. The fourth-order valence-electron chi connectivity index (χ4n) is 4.00. The molecule has 0 spiro atoms. The lowest BCUT2D eigenvalue weighted by molar-refractivity contribution is -0.144. The van der Waals surface area contributed by atoms with E-state index >= 15 is 0 Å². The van der Waals surface area contributed by atoms with Crippen LogP contribution in [0, 0.1) is 5.41 Å². The Balaban J connectivity index is 1.87. The predicted octanol–water partition coefficient (Wildman–Crippen LogP) is 4.75. The molecule has 1 aliphatic heterocycles.